The molecule has 0 radical (unpaired) electrons. The molecule has 3 heterocycles. The molecule has 0 aliphatic heterocycles. The summed E-state index contributed by atoms with van der Waals surface area (Å²) in [4.78, 5) is 7.17. The van der Waals surface area contributed by atoms with E-state index >= 15 is 0 Å². The van der Waals surface area contributed by atoms with Crippen LogP contribution in [0.15, 0.2) is 41.0 Å². The zero-order valence-corrected chi connectivity index (χ0v) is 18.5. The van der Waals surface area contributed by atoms with E-state index in [0.717, 1.165) is 33.4 Å². The Labute approximate surface area is 180 Å². The van der Waals surface area contributed by atoms with Crippen molar-refractivity contribution in [2.24, 2.45) is 0 Å². The van der Waals surface area contributed by atoms with Gasteiger partial charge in [0.1, 0.15) is 22.5 Å². The molecule has 0 atom stereocenters. The molecule has 5 nitrogen and oxygen atoms in total. The largest absolute Gasteiger partial charge is 0.317 e. The fourth-order valence-electron chi connectivity index (χ4n) is 3.23. The third-order valence-electron chi connectivity index (χ3n) is 4.74. The molecule has 1 aromatic carbocycles. The maximum absolute atomic E-state index is 13.3. The number of pyridine rings is 1. The predicted molar refractivity (Wildman–Crippen MR) is 117 cm³/mol. The molecule has 0 N–H and O–H groups in total. The highest BCUT2D eigenvalue weighted by Gasteiger charge is 2.22. The van der Waals surface area contributed by atoms with Gasteiger partial charge in [-0.25, -0.2) is 13.9 Å². The first-order valence-electron chi connectivity index (χ1n) is 9.00. The molecule has 0 saturated heterocycles. The molecule has 146 valence electrons. The van der Waals surface area contributed by atoms with E-state index in [2.05, 4.69) is 28.9 Å². The van der Waals surface area contributed by atoms with Crippen molar-refractivity contribution in [3.05, 3.63) is 63.0 Å². The maximum Gasteiger partial charge on any atom is 0.191 e. The number of nitriles is 1. The summed E-state index contributed by atoms with van der Waals surface area (Å²) in [6, 6.07) is 10.3. The second kappa shape index (κ2) is 7.58. The van der Waals surface area contributed by atoms with Gasteiger partial charge in [-0.05, 0) is 49.2 Å². The number of thiazole rings is 1. The second-order valence-corrected chi connectivity index (χ2v) is 8.47. The van der Waals surface area contributed by atoms with Crippen LogP contribution in [0.4, 0.5) is 15.2 Å². The fourth-order valence-corrected chi connectivity index (χ4v) is 4.40. The van der Waals surface area contributed by atoms with E-state index in [1.54, 1.807) is 12.1 Å². The number of anilines is 2. The average Bonchev–Trinajstić information content (AvgIpc) is 3.30. The first kappa shape index (κ1) is 19.6. The monoisotopic (exact) mass is 469 g/mol. The van der Waals surface area contributed by atoms with Crippen LogP contribution in [0, 0.1) is 24.1 Å². The lowest BCUT2D eigenvalue weighted by atomic mass is 10.1. The van der Waals surface area contributed by atoms with Gasteiger partial charge in [-0.15, -0.1) is 0 Å². The molecule has 0 bridgehead atoms. The highest BCUT2D eigenvalue weighted by Crippen LogP contribution is 2.38. The Morgan fingerprint density at radius 2 is 2.03 bits per heavy atom. The normalized spacial score (nSPS) is 11.0. The van der Waals surface area contributed by atoms with Crippen molar-refractivity contribution in [2.75, 3.05) is 11.9 Å². The van der Waals surface area contributed by atoms with Gasteiger partial charge in [-0.1, -0.05) is 34.2 Å². The van der Waals surface area contributed by atoms with E-state index in [4.69, 9.17) is 10.1 Å². The number of benzene rings is 1. The van der Waals surface area contributed by atoms with Crippen molar-refractivity contribution >= 4 is 43.6 Å². The van der Waals surface area contributed by atoms with E-state index in [1.807, 2.05) is 35.6 Å². The van der Waals surface area contributed by atoms with Crippen molar-refractivity contribution in [3.8, 4) is 17.3 Å². The third kappa shape index (κ3) is 3.41. The number of aromatic nitrogens is 3. The number of fused-ring (bicyclic) bond motifs is 1. The Morgan fingerprint density at radius 3 is 2.69 bits per heavy atom. The first-order valence-corrected chi connectivity index (χ1v) is 10.6. The van der Waals surface area contributed by atoms with Crippen molar-refractivity contribution in [1.29, 1.82) is 5.26 Å². The van der Waals surface area contributed by atoms with Gasteiger partial charge in [0.05, 0.1) is 16.9 Å². The molecule has 4 aromatic rings. The molecular weight excluding hydrogens is 453 g/mol. The molecule has 0 aliphatic carbocycles. The first-order chi connectivity index (χ1) is 13.9. The quantitative estimate of drug-likeness (QED) is 0.374. The topological polar surface area (TPSA) is 57.2 Å². The van der Waals surface area contributed by atoms with Crippen molar-refractivity contribution in [2.45, 2.75) is 20.3 Å². The number of nitrogens with zero attached hydrogens (tertiary/aromatic N) is 5. The minimum Gasteiger partial charge on any atom is -0.317 e. The minimum absolute atomic E-state index is 0.320. The number of hydrogen-bond acceptors (Lipinski definition) is 5. The summed E-state index contributed by atoms with van der Waals surface area (Å²) in [5, 5.41) is 15.0. The van der Waals surface area contributed by atoms with Crippen molar-refractivity contribution in [1.82, 2.24) is 14.6 Å². The number of aryl methyl sites for hydroxylation is 2. The summed E-state index contributed by atoms with van der Waals surface area (Å²) >= 11 is 4.92. The van der Waals surface area contributed by atoms with Crippen LogP contribution >= 0.6 is 27.3 Å². The van der Waals surface area contributed by atoms with E-state index in [0.29, 0.717) is 21.3 Å². The summed E-state index contributed by atoms with van der Waals surface area (Å²) in [5.41, 5.74) is 5.23. The Hall–Kier alpha value is -2.76. The summed E-state index contributed by atoms with van der Waals surface area (Å²) in [5.74, 6) is -0.320. The Kier molecular flexibility index (Phi) is 5.11. The molecule has 0 aliphatic rings. The number of hydrogen-bond donors (Lipinski definition) is 0. The van der Waals surface area contributed by atoms with E-state index < -0.39 is 0 Å². The van der Waals surface area contributed by atoms with Crippen LogP contribution in [0.5, 0.6) is 0 Å². The minimum atomic E-state index is -0.320. The lowest BCUT2D eigenvalue weighted by molar-refractivity contribution is 0.628. The van der Waals surface area contributed by atoms with Gasteiger partial charge in [-0.2, -0.15) is 10.4 Å². The van der Waals surface area contributed by atoms with E-state index in [-0.39, 0.29) is 5.82 Å². The lowest BCUT2D eigenvalue weighted by Gasteiger charge is -2.16. The summed E-state index contributed by atoms with van der Waals surface area (Å²) < 4.78 is 16.2. The molecule has 0 amide bonds. The number of halogens is 2. The molecule has 0 spiro atoms. The van der Waals surface area contributed by atoms with Crippen LogP contribution in [0.1, 0.15) is 23.1 Å². The summed E-state index contributed by atoms with van der Waals surface area (Å²) in [6.07, 6.45) is 2.75. The van der Waals surface area contributed by atoms with Gasteiger partial charge in [0.2, 0.25) is 0 Å². The SMILES string of the molecule is CCc1nn2cc(C)c(Br)cc2c1N(C)c1nc(-c2ccc(F)cc2)c(C#N)s1. The van der Waals surface area contributed by atoms with E-state index in [1.165, 1.54) is 23.5 Å². The Balaban J connectivity index is 1.85. The molecule has 29 heavy (non-hydrogen) atoms. The maximum atomic E-state index is 13.3. The van der Waals surface area contributed by atoms with Crippen LogP contribution < -0.4 is 4.90 Å². The van der Waals surface area contributed by atoms with Gasteiger partial charge >= 0.3 is 0 Å². The van der Waals surface area contributed by atoms with Crippen LogP contribution in [0.2, 0.25) is 0 Å². The smallest absolute Gasteiger partial charge is 0.191 e. The van der Waals surface area contributed by atoms with Crippen LogP contribution in [-0.4, -0.2) is 21.6 Å². The molecular formula is C21H17BrFN5S. The molecule has 4 rings (SSSR count). The zero-order chi connectivity index (χ0) is 20.7. The van der Waals surface area contributed by atoms with Crippen LogP contribution in [0.25, 0.3) is 16.8 Å². The molecule has 0 saturated carbocycles. The predicted octanol–water partition coefficient (Wildman–Crippen LogP) is 5.87. The standard InChI is InChI=1S/C21H17BrFN5S/c1-4-16-20(17-9-15(22)12(2)11-28(17)26-16)27(3)21-25-19(18(10-24)29-21)13-5-7-14(23)8-6-13/h5-9,11H,4H2,1-3H3. The third-order valence-corrected chi connectivity index (χ3v) is 6.63. The highest BCUT2D eigenvalue weighted by molar-refractivity contribution is 9.10. The van der Waals surface area contributed by atoms with Crippen molar-refractivity contribution < 1.29 is 4.39 Å². The molecule has 0 unspecified atom stereocenters. The van der Waals surface area contributed by atoms with Gasteiger partial charge in [0.25, 0.3) is 0 Å². The molecule has 8 heteroatoms. The van der Waals surface area contributed by atoms with Gasteiger partial charge in [0, 0.05) is 23.3 Å². The second-order valence-electron chi connectivity index (χ2n) is 6.63. The van der Waals surface area contributed by atoms with Crippen LogP contribution in [0.3, 0.4) is 0 Å². The van der Waals surface area contributed by atoms with Gasteiger partial charge in [-0.3, -0.25) is 0 Å². The Morgan fingerprint density at radius 1 is 1.31 bits per heavy atom. The Bertz CT molecular complexity index is 1250. The van der Waals surface area contributed by atoms with Gasteiger partial charge in [0.15, 0.2) is 5.13 Å². The van der Waals surface area contributed by atoms with Gasteiger partial charge < -0.3 is 4.90 Å². The zero-order valence-electron chi connectivity index (χ0n) is 16.1. The number of rotatable bonds is 4. The molecule has 0 fully saturated rings. The summed E-state index contributed by atoms with van der Waals surface area (Å²) in [6.45, 7) is 4.09. The van der Waals surface area contributed by atoms with Crippen LogP contribution in [-0.2, 0) is 6.42 Å². The lowest BCUT2D eigenvalue weighted by Crippen LogP contribution is -2.10. The fraction of sp³-hybridized carbons (Fsp3) is 0.190. The summed E-state index contributed by atoms with van der Waals surface area (Å²) in [7, 11) is 1.93. The highest BCUT2D eigenvalue weighted by atomic mass is 79.9. The van der Waals surface area contributed by atoms with E-state index in [9.17, 15) is 9.65 Å². The average molecular weight is 470 g/mol. The van der Waals surface area contributed by atoms with Crippen molar-refractivity contribution in [3.63, 3.8) is 0 Å². The molecule has 3 aromatic heterocycles.